The fourth-order valence-corrected chi connectivity index (χ4v) is 2.64. The molecule has 1 aromatic carbocycles. The second-order valence-electron chi connectivity index (χ2n) is 5.14. The Morgan fingerprint density at radius 2 is 2.35 bits per heavy atom. The molecule has 0 saturated carbocycles. The van der Waals surface area contributed by atoms with E-state index in [0.29, 0.717) is 18.7 Å². The maximum Gasteiger partial charge on any atom is 0.253 e. The number of hydrazine groups is 1. The zero-order valence-electron chi connectivity index (χ0n) is 12.2. The highest BCUT2D eigenvalue weighted by atomic mass is 16.5. The highest BCUT2D eigenvalue weighted by Crippen LogP contribution is 2.19. The maximum atomic E-state index is 12.5. The summed E-state index contributed by atoms with van der Waals surface area (Å²) in [5, 5.41) is 0. The third-order valence-electron chi connectivity index (χ3n) is 3.70. The number of piperidine rings is 1. The third-order valence-corrected chi connectivity index (χ3v) is 3.70. The fraction of sp³-hybridized carbons (Fsp3) is 0.533. The van der Waals surface area contributed by atoms with E-state index in [9.17, 15) is 4.79 Å². The summed E-state index contributed by atoms with van der Waals surface area (Å²) in [6.45, 7) is 6.11. The van der Waals surface area contributed by atoms with Crippen molar-refractivity contribution >= 4 is 11.6 Å². The lowest BCUT2D eigenvalue weighted by Gasteiger charge is -2.32. The number of nitrogens with one attached hydrogen (secondary N) is 1. The molecule has 1 amide bonds. The second kappa shape index (κ2) is 6.72. The molecule has 0 bridgehead atoms. The number of carbonyl (C=O) groups excluding carboxylic acids is 1. The number of rotatable bonds is 4. The molecule has 20 heavy (non-hydrogen) atoms. The molecule has 0 spiro atoms. The third kappa shape index (κ3) is 3.29. The van der Waals surface area contributed by atoms with Crippen LogP contribution in [0.2, 0.25) is 0 Å². The van der Waals surface area contributed by atoms with Crippen molar-refractivity contribution in [3.8, 4) is 0 Å². The molecule has 0 aliphatic carbocycles. The SMILES string of the molecule is CCOC1CCCN(C(=O)c2ccc(NN)c(C)c2)C1. The van der Waals surface area contributed by atoms with E-state index in [1.807, 2.05) is 36.9 Å². The monoisotopic (exact) mass is 277 g/mol. The number of anilines is 1. The number of ether oxygens (including phenoxy) is 1. The van der Waals surface area contributed by atoms with Crippen LogP contribution in [0.5, 0.6) is 0 Å². The number of nitrogen functional groups attached to an aromatic ring is 1. The van der Waals surface area contributed by atoms with E-state index in [4.69, 9.17) is 10.6 Å². The maximum absolute atomic E-state index is 12.5. The first kappa shape index (κ1) is 14.8. The zero-order chi connectivity index (χ0) is 14.5. The Morgan fingerprint density at radius 3 is 3.00 bits per heavy atom. The number of likely N-dealkylation sites (tertiary alicyclic amines) is 1. The molecular weight excluding hydrogens is 254 g/mol. The molecule has 1 aliphatic heterocycles. The average Bonchev–Trinajstić information content (AvgIpc) is 2.47. The highest BCUT2D eigenvalue weighted by Gasteiger charge is 2.24. The number of nitrogens with zero attached hydrogens (tertiary/aromatic N) is 1. The van der Waals surface area contributed by atoms with Gasteiger partial charge in [-0.05, 0) is 50.5 Å². The van der Waals surface area contributed by atoms with E-state index in [1.54, 1.807) is 0 Å². The highest BCUT2D eigenvalue weighted by molar-refractivity contribution is 5.95. The molecule has 1 fully saturated rings. The Balaban J connectivity index is 2.08. The van der Waals surface area contributed by atoms with E-state index >= 15 is 0 Å². The van der Waals surface area contributed by atoms with Crippen molar-refractivity contribution in [2.45, 2.75) is 32.8 Å². The van der Waals surface area contributed by atoms with Crippen LogP contribution < -0.4 is 11.3 Å². The van der Waals surface area contributed by atoms with Crippen LogP contribution in [0, 0.1) is 6.92 Å². The summed E-state index contributed by atoms with van der Waals surface area (Å²) in [5.41, 5.74) is 5.14. The van der Waals surface area contributed by atoms with Gasteiger partial charge in [-0.1, -0.05) is 0 Å². The summed E-state index contributed by atoms with van der Waals surface area (Å²) >= 11 is 0. The largest absolute Gasteiger partial charge is 0.377 e. The molecule has 5 heteroatoms. The minimum absolute atomic E-state index is 0.0704. The van der Waals surface area contributed by atoms with Gasteiger partial charge in [-0.25, -0.2) is 0 Å². The fourth-order valence-electron chi connectivity index (χ4n) is 2.64. The lowest BCUT2D eigenvalue weighted by molar-refractivity contribution is 0.00724. The molecule has 1 unspecified atom stereocenters. The van der Waals surface area contributed by atoms with Crippen molar-refractivity contribution in [3.05, 3.63) is 29.3 Å². The van der Waals surface area contributed by atoms with Crippen LogP contribution in [0.25, 0.3) is 0 Å². The first-order valence-corrected chi connectivity index (χ1v) is 7.13. The number of nitrogens with two attached hydrogens (primary N) is 1. The Kier molecular flexibility index (Phi) is 4.98. The van der Waals surface area contributed by atoms with E-state index in [2.05, 4.69) is 5.43 Å². The van der Waals surface area contributed by atoms with Crippen molar-refractivity contribution < 1.29 is 9.53 Å². The van der Waals surface area contributed by atoms with Gasteiger partial charge < -0.3 is 15.1 Å². The van der Waals surface area contributed by atoms with Gasteiger partial charge in [0.25, 0.3) is 5.91 Å². The Hall–Kier alpha value is -1.59. The lowest BCUT2D eigenvalue weighted by atomic mass is 10.0. The van der Waals surface area contributed by atoms with Crippen LogP contribution in [0.1, 0.15) is 35.7 Å². The van der Waals surface area contributed by atoms with E-state index in [0.717, 1.165) is 30.6 Å². The zero-order valence-corrected chi connectivity index (χ0v) is 12.2. The number of carbonyl (C=O) groups is 1. The average molecular weight is 277 g/mol. The van der Waals surface area contributed by atoms with Gasteiger partial charge in [0.15, 0.2) is 0 Å². The first-order chi connectivity index (χ1) is 9.65. The molecule has 1 atom stereocenters. The van der Waals surface area contributed by atoms with Crippen molar-refractivity contribution in [1.29, 1.82) is 0 Å². The number of hydrogen-bond acceptors (Lipinski definition) is 4. The molecule has 110 valence electrons. The number of hydrogen-bond donors (Lipinski definition) is 2. The predicted octanol–water partition coefficient (Wildman–Crippen LogP) is 1.92. The summed E-state index contributed by atoms with van der Waals surface area (Å²) in [6, 6.07) is 5.53. The molecular formula is C15H23N3O2. The van der Waals surface area contributed by atoms with Crippen molar-refractivity contribution in [1.82, 2.24) is 4.90 Å². The summed E-state index contributed by atoms with van der Waals surface area (Å²) in [4.78, 5) is 14.4. The number of aryl methyl sites for hydroxylation is 1. The summed E-state index contributed by atoms with van der Waals surface area (Å²) < 4.78 is 5.64. The van der Waals surface area contributed by atoms with Gasteiger partial charge in [-0.3, -0.25) is 10.6 Å². The van der Waals surface area contributed by atoms with Crippen LogP contribution in [-0.4, -0.2) is 36.6 Å². The molecule has 1 aliphatic rings. The van der Waals surface area contributed by atoms with Crippen LogP contribution in [0.3, 0.4) is 0 Å². The van der Waals surface area contributed by atoms with Gasteiger partial charge in [0, 0.05) is 25.3 Å². The van der Waals surface area contributed by atoms with Crippen molar-refractivity contribution in [2.24, 2.45) is 5.84 Å². The van der Waals surface area contributed by atoms with Gasteiger partial charge in [0.2, 0.25) is 0 Å². The van der Waals surface area contributed by atoms with Crippen LogP contribution in [-0.2, 0) is 4.74 Å². The first-order valence-electron chi connectivity index (χ1n) is 7.13. The summed E-state index contributed by atoms with van der Waals surface area (Å²) in [7, 11) is 0. The van der Waals surface area contributed by atoms with Crippen LogP contribution in [0.15, 0.2) is 18.2 Å². The van der Waals surface area contributed by atoms with Gasteiger partial charge in [0.05, 0.1) is 11.8 Å². The molecule has 3 N–H and O–H groups in total. The van der Waals surface area contributed by atoms with Gasteiger partial charge in [-0.15, -0.1) is 0 Å². The Morgan fingerprint density at radius 1 is 1.55 bits per heavy atom. The molecule has 5 nitrogen and oxygen atoms in total. The predicted molar refractivity (Wildman–Crippen MR) is 79.5 cm³/mol. The number of amides is 1. The Bertz CT molecular complexity index is 474. The normalized spacial score (nSPS) is 18.9. The quantitative estimate of drug-likeness (QED) is 0.652. The molecule has 0 aromatic heterocycles. The molecule has 1 aromatic rings. The smallest absolute Gasteiger partial charge is 0.253 e. The van der Waals surface area contributed by atoms with E-state index in [1.165, 1.54) is 0 Å². The summed E-state index contributed by atoms with van der Waals surface area (Å²) in [5.74, 6) is 5.48. The molecule has 1 saturated heterocycles. The summed E-state index contributed by atoms with van der Waals surface area (Å²) in [6.07, 6.45) is 2.20. The minimum Gasteiger partial charge on any atom is -0.377 e. The second-order valence-corrected chi connectivity index (χ2v) is 5.14. The Labute approximate surface area is 120 Å². The van der Waals surface area contributed by atoms with Gasteiger partial charge in [0.1, 0.15) is 0 Å². The number of benzene rings is 1. The standard InChI is InChI=1S/C15H23N3O2/c1-3-20-13-5-4-8-18(10-13)15(19)12-6-7-14(17-16)11(2)9-12/h6-7,9,13,17H,3-5,8,10,16H2,1-2H3. The minimum atomic E-state index is 0.0704. The van der Waals surface area contributed by atoms with Crippen LogP contribution in [0.4, 0.5) is 5.69 Å². The van der Waals surface area contributed by atoms with Crippen molar-refractivity contribution in [2.75, 3.05) is 25.1 Å². The lowest BCUT2D eigenvalue weighted by Crippen LogP contribution is -2.43. The van der Waals surface area contributed by atoms with E-state index < -0.39 is 0 Å². The van der Waals surface area contributed by atoms with Gasteiger partial charge >= 0.3 is 0 Å². The molecule has 2 rings (SSSR count). The molecule has 0 radical (unpaired) electrons. The van der Waals surface area contributed by atoms with Gasteiger partial charge in [-0.2, -0.15) is 0 Å². The molecule has 1 heterocycles. The van der Waals surface area contributed by atoms with Crippen LogP contribution >= 0.6 is 0 Å². The topological polar surface area (TPSA) is 67.6 Å². The van der Waals surface area contributed by atoms with Crippen molar-refractivity contribution in [3.63, 3.8) is 0 Å². The van der Waals surface area contributed by atoms with E-state index in [-0.39, 0.29) is 12.0 Å².